The molecule has 0 saturated carbocycles. The zero-order valence-corrected chi connectivity index (χ0v) is 9.91. The highest BCUT2D eigenvalue weighted by atomic mass is 19.4. The first-order valence-corrected chi connectivity index (χ1v) is 6.02. The molecule has 1 aromatic carbocycles. The fourth-order valence-electron chi connectivity index (χ4n) is 2.32. The molecule has 1 aliphatic rings. The molecule has 2 N–H and O–H groups in total. The zero-order valence-electron chi connectivity index (χ0n) is 9.91. The van der Waals surface area contributed by atoms with Crippen molar-refractivity contribution in [2.75, 3.05) is 6.54 Å². The molecule has 0 radical (unpaired) electrons. The Labute approximate surface area is 104 Å². The van der Waals surface area contributed by atoms with Gasteiger partial charge in [-0.1, -0.05) is 24.3 Å². The SMILES string of the molecule is NCC(OC1CCCc2ccccc21)C(F)(F)F. The van der Waals surface area contributed by atoms with Gasteiger partial charge in [0.2, 0.25) is 0 Å². The van der Waals surface area contributed by atoms with Gasteiger partial charge in [-0.15, -0.1) is 0 Å². The van der Waals surface area contributed by atoms with Crippen molar-refractivity contribution in [2.45, 2.75) is 37.6 Å². The van der Waals surface area contributed by atoms with E-state index in [1.165, 1.54) is 0 Å². The Kier molecular flexibility index (Phi) is 3.92. The first-order valence-electron chi connectivity index (χ1n) is 6.02. The molecular weight excluding hydrogens is 243 g/mol. The van der Waals surface area contributed by atoms with Crippen molar-refractivity contribution in [3.8, 4) is 0 Å². The quantitative estimate of drug-likeness (QED) is 0.905. The summed E-state index contributed by atoms with van der Waals surface area (Å²) in [7, 11) is 0. The first kappa shape index (κ1) is 13.4. The van der Waals surface area contributed by atoms with E-state index in [0.717, 1.165) is 24.0 Å². The van der Waals surface area contributed by atoms with Crippen molar-refractivity contribution >= 4 is 0 Å². The van der Waals surface area contributed by atoms with Crippen molar-refractivity contribution in [3.05, 3.63) is 35.4 Å². The summed E-state index contributed by atoms with van der Waals surface area (Å²) in [5, 5.41) is 0. The average molecular weight is 259 g/mol. The van der Waals surface area contributed by atoms with Crippen LogP contribution in [0.1, 0.15) is 30.1 Å². The number of rotatable bonds is 3. The smallest absolute Gasteiger partial charge is 0.360 e. The molecule has 0 bridgehead atoms. The van der Waals surface area contributed by atoms with Gasteiger partial charge in [-0.25, -0.2) is 0 Å². The van der Waals surface area contributed by atoms with Crippen LogP contribution in [0.25, 0.3) is 0 Å². The number of halogens is 3. The normalized spacial score (nSPS) is 21.4. The van der Waals surface area contributed by atoms with E-state index in [9.17, 15) is 13.2 Å². The van der Waals surface area contributed by atoms with Crippen molar-refractivity contribution in [1.29, 1.82) is 0 Å². The summed E-state index contributed by atoms with van der Waals surface area (Å²) in [6.07, 6.45) is -4.42. The number of ether oxygens (including phenoxy) is 1. The largest absolute Gasteiger partial charge is 0.415 e. The van der Waals surface area contributed by atoms with Crippen LogP contribution < -0.4 is 5.73 Å². The second kappa shape index (κ2) is 5.28. The third-order valence-corrected chi connectivity index (χ3v) is 3.22. The van der Waals surface area contributed by atoms with Gasteiger partial charge in [0.15, 0.2) is 6.10 Å². The molecule has 1 aromatic rings. The molecule has 0 fully saturated rings. The Hall–Kier alpha value is -1.07. The Balaban J connectivity index is 2.16. The van der Waals surface area contributed by atoms with Gasteiger partial charge >= 0.3 is 6.18 Å². The molecule has 2 rings (SSSR count). The van der Waals surface area contributed by atoms with Crippen LogP contribution >= 0.6 is 0 Å². The summed E-state index contributed by atoms with van der Waals surface area (Å²) in [4.78, 5) is 0. The van der Waals surface area contributed by atoms with E-state index in [0.29, 0.717) is 6.42 Å². The standard InChI is InChI=1S/C13H16F3NO/c14-13(15,16)12(8-17)18-11-7-3-5-9-4-1-2-6-10(9)11/h1-2,4,6,11-12H,3,5,7-8,17H2. The van der Waals surface area contributed by atoms with Crippen LogP contribution in [-0.2, 0) is 11.2 Å². The minimum absolute atomic E-state index is 0.495. The molecule has 2 unspecified atom stereocenters. The van der Waals surface area contributed by atoms with E-state index in [1.54, 1.807) is 0 Å². The molecule has 0 spiro atoms. The summed E-state index contributed by atoms with van der Waals surface area (Å²) in [5.41, 5.74) is 7.09. The van der Waals surface area contributed by atoms with Crippen molar-refractivity contribution in [2.24, 2.45) is 5.73 Å². The highest BCUT2D eigenvalue weighted by molar-refractivity contribution is 5.31. The number of fused-ring (bicyclic) bond motifs is 1. The Bertz CT molecular complexity index is 405. The van der Waals surface area contributed by atoms with E-state index in [2.05, 4.69) is 0 Å². The highest BCUT2D eigenvalue weighted by Gasteiger charge is 2.41. The van der Waals surface area contributed by atoms with Gasteiger partial charge in [0.25, 0.3) is 0 Å². The van der Waals surface area contributed by atoms with Gasteiger partial charge in [0.05, 0.1) is 6.10 Å². The van der Waals surface area contributed by atoms with Crippen LogP contribution in [0, 0.1) is 0 Å². The van der Waals surface area contributed by atoms with Gasteiger partial charge < -0.3 is 10.5 Å². The molecule has 18 heavy (non-hydrogen) atoms. The van der Waals surface area contributed by atoms with Crippen LogP contribution in [0.5, 0.6) is 0 Å². The number of nitrogens with two attached hydrogens (primary N) is 1. The van der Waals surface area contributed by atoms with Gasteiger partial charge in [0.1, 0.15) is 0 Å². The topological polar surface area (TPSA) is 35.2 Å². The molecule has 100 valence electrons. The predicted molar refractivity (Wildman–Crippen MR) is 62.1 cm³/mol. The van der Waals surface area contributed by atoms with E-state index in [1.807, 2.05) is 24.3 Å². The maximum absolute atomic E-state index is 12.6. The second-order valence-electron chi connectivity index (χ2n) is 4.48. The summed E-state index contributed by atoms with van der Waals surface area (Å²) >= 11 is 0. The fraction of sp³-hybridized carbons (Fsp3) is 0.538. The molecular formula is C13H16F3NO. The lowest BCUT2D eigenvalue weighted by atomic mass is 9.89. The third kappa shape index (κ3) is 2.84. The second-order valence-corrected chi connectivity index (χ2v) is 4.48. The molecule has 0 saturated heterocycles. The number of hydrogen-bond acceptors (Lipinski definition) is 2. The maximum Gasteiger partial charge on any atom is 0.415 e. The van der Waals surface area contributed by atoms with Crippen molar-refractivity contribution in [1.82, 2.24) is 0 Å². The van der Waals surface area contributed by atoms with E-state index in [4.69, 9.17) is 10.5 Å². The third-order valence-electron chi connectivity index (χ3n) is 3.22. The van der Waals surface area contributed by atoms with Crippen LogP contribution in [0.3, 0.4) is 0 Å². The van der Waals surface area contributed by atoms with Crippen LogP contribution in [0.4, 0.5) is 13.2 Å². The van der Waals surface area contributed by atoms with Gasteiger partial charge in [-0.3, -0.25) is 0 Å². The Morgan fingerprint density at radius 3 is 2.72 bits per heavy atom. The van der Waals surface area contributed by atoms with Gasteiger partial charge in [-0.2, -0.15) is 13.2 Å². The lowest BCUT2D eigenvalue weighted by Gasteiger charge is -2.30. The predicted octanol–water partition coefficient (Wildman–Crippen LogP) is 2.97. The first-order chi connectivity index (χ1) is 8.52. The molecule has 0 amide bonds. The zero-order chi connectivity index (χ0) is 13.2. The van der Waals surface area contributed by atoms with E-state index >= 15 is 0 Å². The minimum atomic E-state index is -4.40. The molecule has 0 heterocycles. The Morgan fingerprint density at radius 2 is 2.06 bits per heavy atom. The average Bonchev–Trinajstić information content (AvgIpc) is 2.34. The van der Waals surface area contributed by atoms with Crippen LogP contribution in [-0.4, -0.2) is 18.8 Å². The molecule has 0 aliphatic heterocycles. The number of benzene rings is 1. The van der Waals surface area contributed by atoms with Crippen molar-refractivity contribution < 1.29 is 17.9 Å². The summed E-state index contributed by atoms with van der Waals surface area (Å²) in [6, 6.07) is 7.50. The van der Waals surface area contributed by atoms with Gasteiger partial charge in [-0.05, 0) is 30.4 Å². The summed E-state index contributed by atoms with van der Waals surface area (Å²) in [6.45, 7) is -0.540. The summed E-state index contributed by atoms with van der Waals surface area (Å²) in [5.74, 6) is 0. The van der Waals surface area contributed by atoms with Gasteiger partial charge in [0, 0.05) is 6.54 Å². The Morgan fingerprint density at radius 1 is 1.33 bits per heavy atom. The fourth-order valence-corrected chi connectivity index (χ4v) is 2.32. The van der Waals surface area contributed by atoms with Crippen LogP contribution in [0.2, 0.25) is 0 Å². The maximum atomic E-state index is 12.6. The van der Waals surface area contributed by atoms with E-state index in [-0.39, 0.29) is 0 Å². The van der Waals surface area contributed by atoms with Crippen molar-refractivity contribution in [3.63, 3.8) is 0 Å². The molecule has 2 atom stereocenters. The lowest BCUT2D eigenvalue weighted by Crippen LogP contribution is -2.39. The molecule has 2 nitrogen and oxygen atoms in total. The van der Waals surface area contributed by atoms with Crippen LogP contribution in [0.15, 0.2) is 24.3 Å². The number of aryl methyl sites for hydroxylation is 1. The number of hydrogen-bond donors (Lipinski definition) is 1. The monoisotopic (exact) mass is 259 g/mol. The lowest BCUT2D eigenvalue weighted by molar-refractivity contribution is -0.231. The molecule has 0 aromatic heterocycles. The molecule has 1 aliphatic carbocycles. The minimum Gasteiger partial charge on any atom is -0.360 e. The summed E-state index contributed by atoms with van der Waals surface area (Å²) < 4.78 is 43.1. The highest BCUT2D eigenvalue weighted by Crippen LogP contribution is 2.35. The number of alkyl halides is 3. The molecule has 5 heteroatoms. The van der Waals surface area contributed by atoms with E-state index < -0.39 is 24.9 Å².